The summed E-state index contributed by atoms with van der Waals surface area (Å²) in [6.07, 6.45) is -0.126. The molecule has 0 aliphatic carbocycles. The standard InChI is InChI=1S/C19H20ClN3O2/c1-12(2)18-21-16-9-8-14(20)11-15(16)19(25)23(18)22-17(24)10-13-6-4-3-5-7-13/h3-9,11-12,18,21H,10H2,1-2H3,(H,22,24). The van der Waals surface area contributed by atoms with Gasteiger partial charge in [0.2, 0.25) is 5.91 Å². The number of nitrogens with one attached hydrogen (secondary N) is 2. The van der Waals surface area contributed by atoms with Crippen molar-refractivity contribution in [3.63, 3.8) is 0 Å². The molecule has 2 aromatic carbocycles. The van der Waals surface area contributed by atoms with Crippen molar-refractivity contribution in [3.05, 3.63) is 64.7 Å². The zero-order chi connectivity index (χ0) is 18.0. The number of anilines is 1. The highest BCUT2D eigenvalue weighted by Gasteiger charge is 2.35. The molecule has 3 rings (SSSR count). The van der Waals surface area contributed by atoms with Crippen LogP contribution in [0.2, 0.25) is 5.02 Å². The first-order chi connectivity index (χ1) is 12.0. The average molecular weight is 358 g/mol. The van der Waals surface area contributed by atoms with Crippen molar-refractivity contribution in [2.75, 3.05) is 5.32 Å². The quantitative estimate of drug-likeness (QED) is 0.880. The number of fused-ring (bicyclic) bond motifs is 1. The number of hydrogen-bond donors (Lipinski definition) is 2. The van der Waals surface area contributed by atoms with Crippen LogP contribution in [0.1, 0.15) is 29.8 Å². The zero-order valence-electron chi connectivity index (χ0n) is 14.1. The van der Waals surface area contributed by atoms with Crippen LogP contribution in [0.25, 0.3) is 0 Å². The molecule has 0 spiro atoms. The number of nitrogens with zero attached hydrogens (tertiary/aromatic N) is 1. The number of carbonyl (C=O) groups is 2. The predicted octanol–water partition coefficient (Wildman–Crippen LogP) is 3.46. The van der Waals surface area contributed by atoms with E-state index in [0.717, 1.165) is 11.3 Å². The van der Waals surface area contributed by atoms with Crippen molar-refractivity contribution >= 4 is 29.1 Å². The molecule has 1 aliphatic heterocycles. The second kappa shape index (κ2) is 7.15. The molecular formula is C19H20ClN3O2. The summed E-state index contributed by atoms with van der Waals surface area (Å²) in [6, 6.07) is 14.6. The van der Waals surface area contributed by atoms with Crippen molar-refractivity contribution in [3.8, 4) is 0 Å². The normalized spacial score (nSPS) is 16.4. The lowest BCUT2D eigenvalue weighted by Gasteiger charge is -2.39. The van der Waals surface area contributed by atoms with Gasteiger partial charge in [0, 0.05) is 10.7 Å². The molecule has 2 amide bonds. The summed E-state index contributed by atoms with van der Waals surface area (Å²) in [7, 11) is 0. The predicted molar refractivity (Wildman–Crippen MR) is 98.2 cm³/mol. The van der Waals surface area contributed by atoms with Gasteiger partial charge in [0.15, 0.2) is 0 Å². The van der Waals surface area contributed by atoms with Gasteiger partial charge in [-0.2, -0.15) is 0 Å². The Kier molecular flexibility index (Phi) is 4.95. The van der Waals surface area contributed by atoms with Crippen LogP contribution in [0.5, 0.6) is 0 Å². The molecule has 0 bridgehead atoms. The van der Waals surface area contributed by atoms with Crippen molar-refractivity contribution in [2.24, 2.45) is 5.92 Å². The van der Waals surface area contributed by atoms with E-state index in [0.29, 0.717) is 10.6 Å². The smallest absolute Gasteiger partial charge is 0.276 e. The van der Waals surface area contributed by atoms with Crippen molar-refractivity contribution in [1.82, 2.24) is 10.4 Å². The summed E-state index contributed by atoms with van der Waals surface area (Å²) >= 11 is 6.02. The van der Waals surface area contributed by atoms with Crippen molar-refractivity contribution < 1.29 is 9.59 Å². The molecule has 2 N–H and O–H groups in total. The third-order valence-corrected chi connectivity index (χ3v) is 4.33. The molecule has 0 saturated heterocycles. The van der Waals surface area contributed by atoms with Gasteiger partial charge in [0.05, 0.1) is 12.0 Å². The lowest BCUT2D eigenvalue weighted by Crippen LogP contribution is -2.59. The maximum absolute atomic E-state index is 12.9. The topological polar surface area (TPSA) is 61.4 Å². The van der Waals surface area contributed by atoms with Crippen LogP contribution < -0.4 is 10.7 Å². The summed E-state index contributed by atoms with van der Waals surface area (Å²) < 4.78 is 0. The molecule has 5 nitrogen and oxygen atoms in total. The fourth-order valence-electron chi connectivity index (χ4n) is 2.84. The van der Waals surface area contributed by atoms with Gasteiger partial charge < -0.3 is 5.32 Å². The van der Waals surface area contributed by atoms with Gasteiger partial charge in [-0.1, -0.05) is 55.8 Å². The number of halogens is 1. The highest BCUT2D eigenvalue weighted by atomic mass is 35.5. The van der Waals surface area contributed by atoms with E-state index in [-0.39, 0.29) is 30.3 Å². The Morgan fingerprint density at radius 1 is 1.24 bits per heavy atom. The minimum Gasteiger partial charge on any atom is -0.363 e. The van der Waals surface area contributed by atoms with E-state index in [4.69, 9.17) is 11.6 Å². The van der Waals surface area contributed by atoms with Crippen LogP contribution in [0.15, 0.2) is 48.5 Å². The van der Waals surface area contributed by atoms with E-state index in [1.54, 1.807) is 18.2 Å². The first kappa shape index (κ1) is 17.3. The van der Waals surface area contributed by atoms with E-state index in [1.807, 2.05) is 44.2 Å². The summed E-state index contributed by atoms with van der Waals surface area (Å²) in [5.41, 5.74) is 4.81. The Hall–Kier alpha value is -2.53. The van der Waals surface area contributed by atoms with Crippen molar-refractivity contribution in [2.45, 2.75) is 26.4 Å². The van der Waals surface area contributed by atoms with Crippen LogP contribution >= 0.6 is 11.6 Å². The lowest BCUT2D eigenvalue weighted by atomic mass is 10.0. The van der Waals surface area contributed by atoms with Crippen LogP contribution in [0.3, 0.4) is 0 Å². The van der Waals surface area contributed by atoms with E-state index < -0.39 is 0 Å². The SMILES string of the molecule is CC(C)C1Nc2ccc(Cl)cc2C(=O)N1NC(=O)Cc1ccccc1. The van der Waals surface area contributed by atoms with Gasteiger partial charge in [-0.15, -0.1) is 0 Å². The van der Waals surface area contributed by atoms with Crippen LogP contribution in [-0.4, -0.2) is 23.0 Å². The molecule has 1 aliphatic rings. The molecule has 0 fully saturated rings. The number of rotatable bonds is 4. The molecule has 6 heteroatoms. The molecule has 25 heavy (non-hydrogen) atoms. The van der Waals surface area contributed by atoms with Crippen LogP contribution in [0.4, 0.5) is 5.69 Å². The first-order valence-corrected chi connectivity index (χ1v) is 8.56. The monoisotopic (exact) mass is 357 g/mol. The van der Waals surface area contributed by atoms with E-state index >= 15 is 0 Å². The minimum atomic E-state index is -0.333. The lowest BCUT2D eigenvalue weighted by molar-refractivity contribution is -0.125. The van der Waals surface area contributed by atoms with Crippen LogP contribution in [-0.2, 0) is 11.2 Å². The maximum Gasteiger partial charge on any atom is 0.276 e. The fourth-order valence-corrected chi connectivity index (χ4v) is 3.01. The number of carbonyl (C=O) groups excluding carboxylic acids is 2. The number of hydrogen-bond acceptors (Lipinski definition) is 3. The Morgan fingerprint density at radius 3 is 2.64 bits per heavy atom. The summed E-state index contributed by atoms with van der Waals surface area (Å²) in [5, 5.41) is 5.15. The zero-order valence-corrected chi connectivity index (χ0v) is 14.9. The van der Waals surface area contributed by atoms with Gasteiger partial charge in [-0.3, -0.25) is 15.0 Å². The number of amides is 2. The van der Waals surface area contributed by atoms with Gasteiger partial charge in [-0.25, -0.2) is 5.01 Å². The van der Waals surface area contributed by atoms with E-state index in [9.17, 15) is 9.59 Å². The Morgan fingerprint density at radius 2 is 1.96 bits per heavy atom. The molecule has 1 heterocycles. The van der Waals surface area contributed by atoms with Gasteiger partial charge >= 0.3 is 0 Å². The number of hydrazine groups is 1. The van der Waals surface area contributed by atoms with E-state index in [2.05, 4.69) is 10.7 Å². The largest absolute Gasteiger partial charge is 0.363 e. The van der Waals surface area contributed by atoms with E-state index in [1.165, 1.54) is 5.01 Å². The minimum absolute atomic E-state index is 0.102. The summed E-state index contributed by atoms with van der Waals surface area (Å²) in [6.45, 7) is 3.98. The third-order valence-electron chi connectivity index (χ3n) is 4.10. The fraction of sp³-hybridized carbons (Fsp3) is 0.263. The maximum atomic E-state index is 12.9. The Balaban J connectivity index is 1.82. The van der Waals surface area contributed by atoms with Gasteiger partial charge in [-0.05, 0) is 29.7 Å². The first-order valence-electron chi connectivity index (χ1n) is 8.19. The Bertz CT molecular complexity index is 793. The molecule has 0 radical (unpaired) electrons. The van der Waals surface area contributed by atoms with Crippen molar-refractivity contribution in [1.29, 1.82) is 0 Å². The highest BCUT2D eigenvalue weighted by Crippen LogP contribution is 2.29. The summed E-state index contributed by atoms with van der Waals surface area (Å²) in [5.74, 6) is -0.404. The summed E-state index contributed by atoms with van der Waals surface area (Å²) in [4.78, 5) is 25.3. The molecule has 1 unspecified atom stereocenters. The van der Waals surface area contributed by atoms with Gasteiger partial charge in [0.1, 0.15) is 6.17 Å². The van der Waals surface area contributed by atoms with Crippen LogP contribution in [0, 0.1) is 5.92 Å². The average Bonchev–Trinajstić information content (AvgIpc) is 2.58. The highest BCUT2D eigenvalue weighted by molar-refractivity contribution is 6.31. The number of benzene rings is 2. The Labute approximate surface area is 151 Å². The second-order valence-corrected chi connectivity index (χ2v) is 6.83. The molecule has 0 saturated carbocycles. The van der Waals surface area contributed by atoms with Gasteiger partial charge in [0.25, 0.3) is 5.91 Å². The second-order valence-electron chi connectivity index (χ2n) is 6.40. The molecule has 1 atom stereocenters. The molecule has 130 valence electrons. The third kappa shape index (κ3) is 3.77. The molecular weight excluding hydrogens is 338 g/mol. The molecule has 0 aromatic heterocycles. The molecule has 2 aromatic rings.